The summed E-state index contributed by atoms with van der Waals surface area (Å²) in [5.41, 5.74) is 0.232. The minimum absolute atomic E-state index is 0.125. The SMILES string of the molecule is O=C(NCC(O)c1cc2ccccc2s1)c1cccc(Cl)n1. The second kappa shape index (κ2) is 6.44. The molecule has 3 aromatic rings. The molecule has 0 aliphatic rings. The van der Waals surface area contributed by atoms with Gasteiger partial charge in [0.15, 0.2) is 0 Å². The molecule has 22 heavy (non-hydrogen) atoms. The maximum atomic E-state index is 12.0. The van der Waals surface area contributed by atoms with E-state index in [-0.39, 0.29) is 23.3 Å². The maximum Gasteiger partial charge on any atom is 0.270 e. The van der Waals surface area contributed by atoms with Crippen molar-refractivity contribution >= 4 is 38.9 Å². The quantitative estimate of drug-likeness (QED) is 0.720. The third-order valence-corrected chi connectivity index (χ3v) is 4.60. The first-order valence-corrected chi connectivity index (χ1v) is 7.90. The van der Waals surface area contributed by atoms with Crippen molar-refractivity contribution < 1.29 is 9.90 Å². The molecule has 0 saturated carbocycles. The maximum absolute atomic E-state index is 12.0. The van der Waals surface area contributed by atoms with Crippen LogP contribution in [0.4, 0.5) is 0 Å². The van der Waals surface area contributed by atoms with Crippen molar-refractivity contribution in [3.63, 3.8) is 0 Å². The number of carbonyl (C=O) groups excluding carboxylic acids is 1. The molecule has 1 aromatic carbocycles. The van der Waals surface area contributed by atoms with E-state index >= 15 is 0 Å². The Morgan fingerprint density at radius 1 is 1.27 bits per heavy atom. The van der Waals surface area contributed by atoms with Gasteiger partial charge in [-0.15, -0.1) is 11.3 Å². The van der Waals surface area contributed by atoms with Crippen molar-refractivity contribution in [1.29, 1.82) is 0 Å². The molecule has 0 spiro atoms. The molecule has 0 aliphatic carbocycles. The summed E-state index contributed by atoms with van der Waals surface area (Å²) in [5.74, 6) is -0.359. The number of pyridine rings is 1. The van der Waals surface area contributed by atoms with Gasteiger partial charge >= 0.3 is 0 Å². The number of hydrogen-bond donors (Lipinski definition) is 2. The van der Waals surface area contributed by atoms with E-state index in [0.717, 1.165) is 15.0 Å². The van der Waals surface area contributed by atoms with E-state index in [1.165, 1.54) is 11.3 Å². The lowest BCUT2D eigenvalue weighted by molar-refractivity contribution is 0.0913. The number of carbonyl (C=O) groups is 1. The first-order chi connectivity index (χ1) is 10.6. The predicted molar refractivity (Wildman–Crippen MR) is 88.4 cm³/mol. The topological polar surface area (TPSA) is 62.2 Å². The molecule has 1 atom stereocenters. The Kier molecular flexibility index (Phi) is 4.38. The molecule has 2 N–H and O–H groups in total. The monoisotopic (exact) mass is 332 g/mol. The molecule has 0 saturated heterocycles. The molecule has 112 valence electrons. The van der Waals surface area contributed by atoms with E-state index < -0.39 is 6.10 Å². The highest BCUT2D eigenvalue weighted by molar-refractivity contribution is 7.19. The Balaban J connectivity index is 1.66. The summed E-state index contributed by atoms with van der Waals surface area (Å²) in [4.78, 5) is 16.7. The summed E-state index contributed by atoms with van der Waals surface area (Å²) >= 11 is 7.27. The molecule has 0 aliphatic heterocycles. The molecule has 1 amide bonds. The molecule has 2 heterocycles. The van der Waals surface area contributed by atoms with Crippen LogP contribution < -0.4 is 5.32 Å². The standard InChI is InChI=1S/C16H13ClN2O2S/c17-15-7-3-5-11(19-15)16(21)18-9-12(20)14-8-10-4-1-2-6-13(10)22-14/h1-8,12,20H,9H2,(H,18,21). The van der Waals surface area contributed by atoms with Crippen molar-refractivity contribution in [3.05, 3.63) is 64.3 Å². The van der Waals surface area contributed by atoms with Crippen LogP contribution in [0, 0.1) is 0 Å². The average Bonchev–Trinajstić information content (AvgIpc) is 2.96. The van der Waals surface area contributed by atoms with E-state index in [2.05, 4.69) is 10.3 Å². The van der Waals surface area contributed by atoms with E-state index in [1.807, 2.05) is 30.3 Å². The van der Waals surface area contributed by atoms with Crippen molar-refractivity contribution in [1.82, 2.24) is 10.3 Å². The Hall–Kier alpha value is -1.95. The highest BCUT2D eigenvalue weighted by atomic mass is 35.5. The van der Waals surface area contributed by atoms with Gasteiger partial charge in [-0.2, -0.15) is 0 Å². The number of amides is 1. The number of hydrogen-bond acceptors (Lipinski definition) is 4. The van der Waals surface area contributed by atoms with Gasteiger partial charge in [0, 0.05) is 16.1 Å². The van der Waals surface area contributed by atoms with Gasteiger partial charge in [0.05, 0.1) is 0 Å². The van der Waals surface area contributed by atoms with Crippen molar-refractivity contribution in [2.24, 2.45) is 0 Å². The molecule has 0 bridgehead atoms. The van der Waals surface area contributed by atoms with E-state index in [9.17, 15) is 9.90 Å². The highest BCUT2D eigenvalue weighted by Gasteiger charge is 2.14. The third-order valence-electron chi connectivity index (χ3n) is 3.18. The van der Waals surface area contributed by atoms with E-state index in [1.54, 1.807) is 18.2 Å². The molecular formula is C16H13ClN2O2S. The number of nitrogens with one attached hydrogen (secondary N) is 1. The number of thiophene rings is 1. The molecule has 4 nitrogen and oxygen atoms in total. The van der Waals surface area contributed by atoms with Gasteiger partial charge in [0.25, 0.3) is 5.91 Å². The van der Waals surface area contributed by atoms with Crippen LogP contribution in [0.3, 0.4) is 0 Å². The number of benzene rings is 1. The van der Waals surface area contributed by atoms with E-state index in [4.69, 9.17) is 11.6 Å². The molecule has 0 fully saturated rings. The number of fused-ring (bicyclic) bond motifs is 1. The molecule has 1 unspecified atom stereocenters. The Morgan fingerprint density at radius 2 is 2.09 bits per heavy atom. The first-order valence-electron chi connectivity index (χ1n) is 6.71. The summed E-state index contributed by atoms with van der Waals surface area (Å²) in [6.45, 7) is 0.125. The fourth-order valence-electron chi connectivity index (χ4n) is 2.08. The van der Waals surface area contributed by atoms with Gasteiger partial charge < -0.3 is 10.4 Å². The fraction of sp³-hybridized carbons (Fsp3) is 0.125. The van der Waals surface area contributed by atoms with Crippen LogP contribution in [0.2, 0.25) is 5.15 Å². The normalized spacial score (nSPS) is 12.3. The number of aromatic nitrogens is 1. The fourth-order valence-corrected chi connectivity index (χ4v) is 3.30. The van der Waals surface area contributed by atoms with Crippen LogP contribution >= 0.6 is 22.9 Å². The lowest BCUT2D eigenvalue weighted by Crippen LogP contribution is -2.28. The third kappa shape index (κ3) is 3.27. The van der Waals surface area contributed by atoms with Gasteiger partial charge in [-0.25, -0.2) is 4.98 Å². The number of nitrogens with zero attached hydrogens (tertiary/aromatic N) is 1. The Labute approximate surface area is 136 Å². The highest BCUT2D eigenvalue weighted by Crippen LogP contribution is 2.29. The zero-order valence-corrected chi connectivity index (χ0v) is 13.1. The van der Waals surface area contributed by atoms with Crippen LogP contribution in [0.25, 0.3) is 10.1 Å². The van der Waals surface area contributed by atoms with Crippen molar-refractivity contribution in [2.45, 2.75) is 6.10 Å². The van der Waals surface area contributed by atoms with Gasteiger partial charge in [-0.3, -0.25) is 4.79 Å². The van der Waals surface area contributed by atoms with Crippen molar-refractivity contribution in [2.75, 3.05) is 6.54 Å². The lowest BCUT2D eigenvalue weighted by atomic mass is 10.2. The number of aliphatic hydroxyl groups is 1. The van der Waals surface area contributed by atoms with Crippen LogP contribution in [0.15, 0.2) is 48.5 Å². The van der Waals surface area contributed by atoms with Gasteiger partial charge in [0.1, 0.15) is 17.0 Å². The smallest absolute Gasteiger partial charge is 0.270 e. The zero-order valence-electron chi connectivity index (χ0n) is 11.5. The number of rotatable bonds is 4. The molecule has 6 heteroatoms. The summed E-state index contributed by atoms with van der Waals surface area (Å²) in [6.07, 6.45) is -0.750. The first kappa shape index (κ1) is 15.0. The van der Waals surface area contributed by atoms with Crippen LogP contribution in [0.1, 0.15) is 21.5 Å². The zero-order chi connectivity index (χ0) is 15.5. The van der Waals surface area contributed by atoms with Gasteiger partial charge in [-0.1, -0.05) is 35.9 Å². The largest absolute Gasteiger partial charge is 0.386 e. The van der Waals surface area contributed by atoms with Gasteiger partial charge in [0.2, 0.25) is 0 Å². The number of halogens is 1. The van der Waals surface area contributed by atoms with Crippen LogP contribution in [0.5, 0.6) is 0 Å². The average molecular weight is 333 g/mol. The van der Waals surface area contributed by atoms with Crippen molar-refractivity contribution in [3.8, 4) is 0 Å². The summed E-state index contributed by atoms with van der Waals surface area (Å²) in [6, 6.07) is 14.7. The van der Waals surface area contributed by atoms with Crippen LogP contribution in [-0.2, 0) is 0 Å². The Bertz CT molecular complexity index is 786. The summed E-state index contributed by atoms with van der Waals surface area (Å²) < 4.78 is 1.11. The molecule has 2 aromatic heterocycles. The second-order valence-electron chi connectivity index (χ2n) is 4.76. The lowest BCUT2D eigenvalue weighted by Gasteiger charge is -2.09. The van der Waals surface area contributed by atoms with Crippen LogP contribution in [-0.4, -0.2) is 22.5 Å². The minimum Gasteiger partial charge on any atom is -0.386 e. The Morgan fingerprint density at radius 3 is 2.86 bits per heavy atom. The number of aliphatic hydroxyl groups excluding tert-OH is 1. The molecule has 0 radical (unpaired) electrons. The molecular weight excluding hydrogens is 320 g/mol. The second-order valence-corrected chi connectivity index (χ2v) is 6.26. The summed E-state index contributed by atoms with van der Waals surface area (Å²) in [7, 11) is 0. The minimum atomic E-state index is -0.750. The van der Waals surface area contributed by atoms with E-state index in [0.29, 0.717) is 0 Å². The summed E-state index contributed by atoms with van der Waals surface area (Å²) in [5, 5.41) is 14.2. The molecule has 3 rings (SSSR count). The predicted octanol–water partition coefficient (Wildman–Crippen LogP) is 3.41. The van der Waals surface area contributed by atoms with Gasteiger partial charge in [-0.05, 0) is 29.7 Å².